The molecule has 102 valence electrons. The molecule has 1 aromatic carbocycles. The number of anilines is 2. The predicted molar refractivity (Wildman–Crippen MR) is 82.2 cm³/mol. The lowest BCUT2D eigenvalue weighted by Crippen LogP contribution is -2.20. The summed E-state index contributed by atoms with van der Waals surface area (Å²) in [5, 5.41) is 3.63. The fourth-order valence-electron chi connectivity index (χ4n) is 2.27. The third-order valence-corrected chi connectivity index (χ3v) is 3.57. The van der Waals surface area contributed by atoms with Crippen molar-refractivity contribution in [2.24, 2.45) is 0 Å². The van der Waals surface area contributed by atoms with Crippen molar-refractivity contribution in [2.75, 3.05) is 11.1 Å². The van der Waals surface area contributed by atoms with Crippen LogP contribution in [0.25, 0.3) is 0 Å². The van der Waals surface area contributed by atoms with Gasteiger partial charge in [-0.2, -0.15) is 0 Å². The van der Waals surface area contributed by atoms with E-state index in [0.717, 1.165) is 11.4 Å². The highest BCUT2D eigenvalue weighted by atomic mass is 14.9. The number of unbranched alkanes of at least 4 members (excludes halogenated alkanes) is 1. The minimum absolute atomic E-state index is 0.555. The van der Waals surface area contributed by atoms with Gasteiger partial charge in [-0.15, -0.1) is 0 Å². The number of hydrogen-bond donors (Lipinski definition) is 2. The van der Waals surface area contributed by atoms with Crippen LogP contribution in [-0.4, -0.2) is 6.04 Å². The third kappa shape index (κ3) is 4.25. The zero-order valence-electron chi connectivity index (χ0n) is 12.3. The quantitative estimate of drug-likeness (QED) is 0.689. The van der Waals surface area contributed by atoms with Gasteiger partial charge in [-0.1, -0.05) is 33.1 Å². The topological polar surface area (TPSA) is 38.0 Å². The van der Waals surface area contributed by atoms with Gasteiger partial charge in [0.05, 0.1) is 11.4 Å². The van der Waals surface area contributed by atoms with Crippen LogP contribution in [0, 0.1) is 13.8 Å². The molecule has 0 radical (unpaired) electrons. The molecule has 1 unspecified atom stereocenters. The van der Waals surface area contributed by atoms with Crippen LogP contribution >= 0.6 is 0 Å². The summed E-state index contributed by atoms with van der Waals surface area (Å²) in [5.74, 6) is 0. The third-order valence-electron chi connectivity index (χ3n) is 3.57. The first-order valence-corrected chi connectivity index (χ1v) is 7.21. The van der Waals surface area contributed by atoms with Crippen molar-refractivity contribution < 1.29 is 0 Å². The normalized spacial score (nSPS) is 12.4. The maximum absolute atomic E-state index is 6.10. The number of rotatable bonds is 7. The zero-order chi connectivity index (χ0) is 13.5. The second-order valence-corrected chi connectivity index (χ2v) is 5.30. The average Bonchev–Trinajstić information content (AvgIpc) is 2.33. The predicted octanol–water partition coefficient (Wildman–Crippen LogP) is 4.66. The van der Waals surface area contributed by atoms with Crippen LogP contribution in [0.3, 0.4) is 0 Å². The molecule has 0 amide bonds. The van der Waals surface area contributed by atoms with Crippen LogP contribution in [0.4, 0.5) is 11.4 Å². The first-order chi connectivity index (χ1) is 8.58. The molecule has 0 heterocycles. The fourth-order valence-corrected chi connectivity index (χ4v) is 2.27. The van der Waals surface area contributed by atoms with Gasteiger partial charge in [0.1, 0.15) is 0 Å². The zero-order valence-corrected chi connectivity index (χ0v) is 12.3. The fraction of sp³-hybridized carbons (Fsp3) is 0.625. The van der Waals surface area contributed by atoms with E-state index < -0.39 is 0 Å². The molecule has 0 bridgehead atoms. The SMILES string of the molecule is CCCCC(CCC)Nc1cc(C)c(C)cc1N. The van der Waals surface area contributed by atoms with E-state index >= 15 is 0 Å². The van der Waals surface area contributed by atoms with Gasteiger partial charge in [-0.05, 0) is 49.9 Å². The van der Waals surface area contributed by atoms with Crippen molar-refractivity contribution in [1.29, 1.82) is 0 Å². The lowest BCUT2D eigenvalue weighted by molar-refractivity contribution is 0.564. The van der Waals surface area contributed by atoms with E-state index in [1.54, 1.807) is 0 Å². The first-order valence-electron chi connectivity index (χ1n) is 7.21. The summed E-state index contributed by atoms with van der Waals surface area (Å²) in [6.07, 6.45) is 6.20. The van der Waals surface area contributed by atoms with E-state index in [2.05, 4.69) is 45.1 Å². The molecule has 1 rings (SSSR count). The Balaban J connectivity index is 2.76. The Morgan fingerprint density at radius 1 is 1.06 bits per heavy atom. The molecule has 1 aromatic rings. The summed E-state index contributed by atoms with van der Waals surface area (Å²) in [6.45, 7) is 8.73. The number of nitrogens with two attached hydrogens (primary N) is 1. The number of nitrogen functional groups attached to an aromatic ring is 1. The Morgan fingerprint density at radius 3 is 2.33 bits per heavy atom. The molecular weight excluding hydrogens is 220 g/mol. The molecule has 0 aliphatic carbocycles. The van der Waals surface area contributed by atoms with E-state index in [0.29, 0.717) is 6.04 Å². The van der Waals surface area contributed by atoms with E-state index in [4.69, 9.17) is 5.73 Å². The Bertz CT molecular complexity index is 372. The van der Waals surface area contributed by atoms with Crippen molar-refractivity contribution in [2.45, 2.75) is 65.8 Å². The first kappa shape index (κ1) is 14.9. The standard InChI is InChI=1S/C16H28N2/c1-5-7-9-14(8-6-2)18-16-11-13(4)12(3)10-15(16)17/h10-11,14,18H,5-9,17H2,1-4H3. The smallest absolute Gasteiger partial charge is 0.0578 e. The molecule has 0 fully saturated rings. The number of hydrogen-bond acceptors (Lipinski definition) is 2. The maximum Gasteiger partial charge on any atom is 0.0578 e. The summed E-state index contributed by atoms with van der Waals surface area (Å²) < 4.78 is 0. The summed E-state index contributed by atoms with van der Waals surface area (Å²) in [4.78, 5) is 0. The van der Waals surface area contributed by atoms with Crippen LogP contribution in [0.1, 0.15) is 57.1 Å². The van der Waals surface area contributed by atoms with Crippen molar-refractivity contribution in [1.82, 2.24) is 0 Å². The van der Waals surface area contributed by atoms with Crippen molar-refractivity contribution in [3.05, 3.63) is 23.3 Å². The summed E-state index contributed by atoms with van der Waals surface area (Å²) in [5.41, 5.74) is 10.6. The molecule has 2 nitrogen and oxygen atoms in total. The molecule has 0 aliphatic rings. The van der Waals surface area contributed by atoms with Gasteiger partial charge in [0.2, 0.25) is 0 Å². The summed E-state index contributed by atoms with van der Waals surface area (Å²) >= 11 is 0. The Hall–Kier alpha value is -1.18. The maximum atomic E-state index is 6.10. The van der Waals surface area contributed by atoms with Gasteiger partial charge in [-0.25, -0.2) is 0 Å². The average molecular weight is 248 g/mol. The highest BCUT2D eigenvalue weighted by molar-refractivity contribution is 5.68. The van der Waals surface area contributed by atoms with E-state index in [1.165, 1.54) is 43.2 Å². The highest BCUT2D eigenvalue weighted by Crippen LogP contribution is 2.25. The van der Waals surface area contributed by atoms with E-state index in [1.807, 2.05) is 0 Å². The lowest BCUT2D eigenvalue weighted by Gasteiger charge is -2.21. The largest absolute Gasteiger partial charge is 0.397 e. The Morgan fingerprint density at radius 2 is 1.72 bits per heavy atom. The molecule has 0 saturated heterocycles. The number of benzene rings is 1. The minimum Gasteiger partial charge on any atom is -0.397 e. The minimum atomic E-state index is 0.555. The van der Waals surface area contributed by atoms with Gasteiger partial charge in [0.25, 0.3) is 0 Å². The molecule has 3 N–H and O–H groups in total. The number of aryl methyl sites for hydroxylation is 2. The second-order valence-electron chi connectivity index (χ2n) is 5.30. The monoisotopic (exact) mass is 248 g/mol. The molecule has 2 heteroatoms. The molecule has 1 atom stereocenters. The molecule has 0 spiro atoms. The van der Waals surface area contributed by atoms with Crippen LogP contribution in [0.2, 0.25) is 0 Å². The second kappa shape index (κ2) is 7.30. The van der Waals surface area contributed by atoms with Crippen molar-refractivity contribution in [3.8, 4) is 0 Å². The van der Waals surface area contributed by atoms with E-state index in [9.17, 15) is 0 Å². The van der Waals surface area contributed by atoms with Gasteiger partial charge < -0.3 is 11.1 Å². The van der Waals surface area contributed by atoms with Gasteiger partial charge in [0.15, 0.2) is 0 Å². The lowest BCUT2D eigenvalue weighted by atomic mass is 10.0. The van der Waals surface area contributed by atoms with Crippen molar-refractivity contribution >= 4 is 11.4 Å². The van der Waals surface area contributed by atoms with Crippen LogP contribution in [-0.2, 0) is 0 Å². The Labute approximate surface area is 112 Å². The molecule has 18 heavy (non-hydrogen) atoms. The molecule has 0 aromatic heterocycles. The van der Waals surface area contributed by atoms with Crippen LogP contribution < -0.4 is 11.1 Å². The van der Waals surface area contributed by atoms with Gasteiger partial charge in [-0.3, -0.25) is 0 Å². The highest BCUT2D eigenvalue weighted by Gasteiger charge is 2.09. The summed E-state index contributed by atoms with van der Waals surface area (Å²) in [7, 11) is 0. The molecule has 0 saturated carbocycles. The number of nitrogens with one attached hydrogen (secondary N) is 1. The molecular formula is C16H28N2. The van der Waals surface area contributed by atoms with Gasteiger partial charge >= 0.3 is 0 Å². The van der Waals surface area contributed by atoms with Crippen LogP contribution in [0.5, 0.6) is 0 Å². The van der Waals surface area contributed by atoms with Crippen molar-refractivity contribution in [3.63, 3.8) is 0 Å². The summed E-state index contributed by atoms with van der Waals surface area (Å²) in [6, 6.07) is 4.80. The van der Waals surface area contributed by atoms with Gasteiger partial charge in [0, 0.05) is 6.04 Å². The van der Waals surface area contributed by atoms with E-state index in [-0.39, 0.29) is 0 Å². The molecule has 0 aliphatic heterocycles. The Kier molecular flexibility index (Phi) is 6.03. The van der Waals surface area contributed by atoms with Crippen LogP contribution in [0.15, 0.2) is 12.1 Å².